The number of nitrogens with two attached hydrogens (primary N) is 1. The third-order valence-electron chi connectivity index (χ3n) is 2.78. The van der Waals surface area contributed by atoms with Crippen LogP contribution >= 0.6 is 15.9 Å². The number of hydrogen-bond acceptors (Lipinski definition) is 3. The van der Waals surface area contributed by atoms with Gasteiger partial charge in [-0.05, 0) is 30.7 Å². The van der Waals surface area contributed by atoms with Crippen LogP contribution in [0.1, 0.15) is 16.7 Å². The fourth-order valence-electron chi connectivity index (χ4n) is 1.86. The lowest BCUT2D eigenvalue weighted by molar-refractivity contribution is 0.305. The summed E-state index contributed by atoms with van der Waals surface area (Å²) in [6.45, 7) is 2.27. The molecular weight excluding hydrogens is 304 g/mol. The van der Waals surface area contributed by atoms with Gasteiger partial charge in [-0.3, -0.25) is 0 Å². The number of benzene rings is 2. The highest BCUT2D eigenvalue weighted by Gasteiger charge is 2.08. The zero-order valence-electron chi connectivity index (χ0n) is 10.5. The monoisotopic (exact) mass is 316 g/mol. The predicted molar refractivity (Wildman–Crippen MR) is 78.8 cm³/mol. The molecule has 0 heterocycles. The molecule has 2 N–H and O–H groups in total. The van der Waals surface area contributed by atoms with Crippen LogP contribution in [-0.2, 0) is 6.61 Å². The topological polar surface area (TPSA) is 59.0 Å². The molecule has 2 aromatic rings. The maximum atomic E-state index is 9.02. The maximum Gasteiger partial charge on any atom is 0.145 e. The van der Waals surface area contributed by atoms with Crippen LogP contribution in [0.5, 0.6) is 5.75 Å². The van der Waals surface area contributed by atoms with Crippen molar-refractivity contribution in [3.8, 4) is 11.8 Å². The second kappa shape index (κ2) is 5.77. The molecule has 0 bridgehead atoms. The summed E-state index contributed by atoms with van der Waals surface area (Å²) < 4.78 is 6.68. The van der Waals surface area contributed by atoms with E-state index in [9.17, 15) is 0 Å². The molecule has 0 aliphatic heterocycles. The van der Waals surface area contributed by atoms with Crippen molar-refractivity contribution in [3.63, 3.8) is 0 Å². The minimum Gasteiger partial charge on any atom is -0.486 e. The number of halogens is 1. The van der Waals surface area contributed by atoms with Gasteiger partial charge in [0.25, 0.3) is 0 Å². The van der Waals surface area contributed by atoms with Crippen molar-refractivity contribution in [2.75, 3.05) is 5.73 Å². The van der Waals surface area contributed by atoms with Gasteiger partial charge in [0.2, 0.25) is 0 Å². The molecule has 0 spiro atoms. The molecule has 3 nitrogen and oxygen atoms in total. The van der Waals surface area contributed by atoms with E-state index in [2.05, 4.69) is 22.0 Å². The Morgan fingerprint density at radius 1 is 1.32 bits per heavy atom. The molecule has 96 valence electrons. The predicted octanol–water partition coefficient (Wildman–Crippen LogP) is 3.79. The van der Waals surface area contributed by atoms with E-state index in [0.717, 1.165) is 15.6 Å². The largest absolute Gasteiger partial charge is 0.486 e. The number of nitrogens with zero attached hydrogens (tertiary/aromatic N) is 1. The van der Waals surface area contributed by atoms with E-state index >= 15 is 0 Å². The van der Waals surface area contributed by atoms with E-state index in [0.29, 0.717) is 23.6 Å². The number of rotatable bonds is 3. The van der Waals surface area contributed by atoms with E-state index in [1.165, 1.54) is 0 Å². The molecule has 0 fully saturated rings. The number of aryl methyl sites for hydroxylation is 1. The van der Waals surface area contributed by atoms with E-state index < -0.39 is 0 Å². The summed E-state index contributed by atoms with van der Waals surface area (Å²) in [5.74, 6) is 0.663. The first kappa shape index (κ1) is 13.4. The molecular formula is C15H13BrN2O. The van der Waals surface area contributed by atoms with Gasteiger partial charge in [-0.25, -0.2) is 0 Å². The minimum atomic E-state index is 0.330. The van der Waals surface area contributed by atoms with E-state index in [-0.39, 0.29) is 0 Å². The molecule has 2 rings (SSSR count). The SMILES string of the molecule is Cc1cc(Br)cc(N)c1OCc1ccccc1C#N. The van der Waals surface area contributed by atoms with Gasteiger partial charge >= 0.3 is 0 Å². The summed E-state index contributed by atoms with van der Waals surface area (Å²) in [5.41, 5.74) is 8.96. The average molecular weight is 317 g/mol. The Bertz CT molecular complexity index is 624. The smallest absolute Gasteiger partial charge is 0.145 e. The van der Waals surface area contributed by atoms with E-state index in [4.69, 9.17) is 15.7 Å². The molecule has 0 aromatic heterocycles. The van der Waals surface area contributed by atoms with Gasteiger partial charge < -0.3 is 10.5 Å². The van der Waals surface area contributed by atoms with Crippen molar-refractivity contribution >= 4 is 21.6 Å². The highest BCUT2D eigenvalue weighted by atomic mass is 79.9. The van der Waals surface area contributed by atoms with Gasteiger partial charge in [0.05, 0.1) is 17.3 Å². The van der Waals surface area contributed by atoms with Crippen LogP contribution < -0.4 is 10.5 Å². The van der Waals surface area contributed by atoms with E-state index in [1.807, 2.05) is 31.2 Å². The Labute approximate surface area is 120 Å². The van der Waals surface area contributed by atoms with Crippen LogP contribution in [0, 0.1) is 18.3 Å². The molecule has 19 heavy (non-hydrogen) atoms. The van der Waals surface area contributed by atoms with Gasteiger partial charge in [-0.2, -0.15) is 5.26 Å². The Kier molecular flexibility index (Phi) is 4.08. The molecule has 0 saturated carbocycles. The summed E-state index contributed by atoms with van der Waals surface area (Å²) >= 11 is 3.39. The second-order valence-electron chi connectivity index (χ2n) is 4.20. The third-order valence-corrected chi connectivity index (χ3v) is 3.24. The molecule has 0 aliphatic carbocycles. The summed E-state index contributed by atoms with van der Waals surface area (Å²) in [5, 5.41) is 9.02. The van der Waals surface area contributed by atoms with Gasteiger partial charge in [-0.15, -0.1) is 0 Å². The zero-order valence-corrected chi connectivity index (χ0v) is 12.1. The van der Waals surface area contributed by atoms with Crippen LogP contribution in [0.2, 0.25) is 0 Å². The first-order chi connectivity index (χ1) is 9.11. The number of anilines is 1. The van der Waals surface area contributed by atoms with Crippen LogP contribution in [0.15, 0.2) is 40.9 Å². The number of nitrogen functional groups attached to an aromatic ring is 1. The minimum absolute atomic E-state index is 0.330. The molecule has 0 saturated heterocycles. The highest BCUT2D eigenvalue weighted by Crippen LogP contribution is 2.30. The number of nitriles is 1. The van der Waals surface area contributed by atoms with Crippen molar-refractivity contribution < 1.29 is 4.74 Å². The average Bonchev–Trinajstić information content (AvgIpc) is 2.38. The Balaban J connectivity index is 2.22. The van der Waals surface area contributed by atoms with Gasteiger partial charge in [0.1, 0.15) is 12.4 Å². The fourth-order valence-corrected chi connectivity index (χ4v) is 2.45. The molecule has 2 aromatic carbocycles. The molecule has 0 radical (unpaired) electrons. The highest BCUT2D eigenvalue weighted by molar-refractivity contribution is 9.10. The van der Waals surface area contributed by atoms with Crippen molar-refractivity contribution in [2.24, 2.45) is 0 Å². The van der Waals surface area contributed by atoms with Crippen molar-refractivity contribution in [1.29, 1.82) is 5.26 Å². The Morgan fingerprint density at radius 2 is 2.05 bits per heavy atom. The van der Waals surface area contributed by atoms with Gasteiger partial charge in [0, 0.05) is 10.0 Å². The molecule has 0 atom stereocenters. The lowest BCUT2D eigenvalue weighted by atomic mass is 10.1. The molecule has 0 aliphatic rings. The summed E-state index contributed by atoms with van der Waals surface area (Å²) in [6.07, 6.45) is 0. The summed E-state index contributed by atoms with van der Waals surface area (Å²) in [4.78, 5) is 0. The number of hydrogen-bond donors (Lipinski definition) is 1. The molecule has 0 amide bonds. The fraction of sp³-hybridized carbons (Fsp3) is 0.133. The number of ether oxygens (including phenoxy) is 1. The third kappa shape index (κ3) is 3.07. The second-order valence-corrected chi connectivity index (χ2v) is 5.11. The lowest BCUT2D eigenvalue weighted by Crippen LogP contribution is -2.02. The van der Waals surface area contributed by atoms with Crippen LogP contribution in [0.4, 0.5) is 5.69 Å². The van der Waals surface area contributed by atoms with E-state index in [1.54, 1.807) is 12.1 Å². The Hall–Kier alpha value is -1.99. The van der Waals surface area contributed by atoms with Gasteiger partial charge in [-0.1, -0.05) is 34.1 Å². The summed E-state index contributed by atoms with van der Waals surface area (Å²) in [7, 11) is 0. The summed E-state index contributed by atoms with van der Waals surface area (Å²) in [6, 6.07) is 13.3. The van der Waals surface area contributed by atoms with Crippen molar-refractivity contribution in [1.82, 2.24) is 0 Å². The normalized spacial score (nSPS) is 9.95. The molecule has 0 unspecified atom stereocenters. The maximum absolute atomic E-state index is 9.02. The lowest BCUT2D eigenvalue weighted by Gasteiger charge is -2.13. The standard InChI is InChI=1S/C15H13BrN2O/c1-10-6-13(16)7-14(18)15(10)19-9-12-5-3-2-4-11(12)8-17/h2-7H,9,18H2,1H3. The zero-order chi connectivity index (χ0) is 13.8. The van der Waals surface area contributed by atoms with Crippen LogP contribution in [-0.4, -0.2) is 0 Å². The first-order valence-electron chi connectivity index (χ1n) is 5.78. The Morgan fingerprint density at radius 3 is 2.74 bits per heavy atom. The quantitative estimate of drug-likeness (QED) is 0.876. The van der Waals surface area contributed by atoms with Crippen molar-refractivity contribution in [3.05, 3.63) is 57.6 Å². The van der Waals surface area contributed by atoms with Crippen LogP contribution in [0.25, 0.3) is 0 Å². The van der Waals surface area contributed by atoms with Crippen LogP contribution in [0.3, 0.4) is 0 Å². The first-order valence-corrected chi connectivity index (χ1v) is 6.57. The van der Waals surface area contributed by atoms with Crippen molar-refractivity contribution in [2.45, 2.75) is 13.5 Å². The molecule has 4 heteroatoms. The van der Waals surface area contributed by atoms with Gasteiger partial charge in [0.15, 0.2) is 0 Å².